The molecule has 0 aliphatic carbocycles. The SMILES string of the molecule is N#CCc1sc2cccc(Cl)c2c1Cl. The van der Waals surface area contributed by atoms with Crippen LogP contribution in [0.2, 0.25) is 10.0 Å². The van der Waals surface area contributed by atoms with Crippen LogP contribution in [0.25, 0.3) is 10.1 Å². The molecule has 0 unspecified atom stereocenters. The third kappa shape index (κ3) is 1.48. The van der Waals surface area contributed by atoms with Crippen LogP contribution >= 0.6 is 34.5 Å². The van der Waals surface area contributed by atoms with Crippen molar-refractivity contribution < 1.29 is 0 Å². The molecule has 0 saturated heterocycles. The highest BCUT2D eigenvalue weighted by Crippen LogP contribution is 2.39. The van der Waals surface area contributed by atoms with Crippen molar-refractivity contribution >= 4 is 44.6 Å². The topological polar surface area (TPSA) is 23.8 Å². The Morgan fingerprint density at radius 2 is 2.14 bits per heavy atom. The molecule has 70 valence electrons. The van der Waals surface area contributed by atoms with Gasteiger partial charge in [-0.1, -0.05) is 29.3 Å². The van der Waals surface area contributed by atoms with E-state index in [1.54, 1.807) is 6.07 Å². The van der Waals surface area contributed by atoms with Gasteiger partial charge in [0.25, 0.3) is 0 Å². The molecule has 0 atom stereocenters. The van der Waals surface area contributed by atoms with Gasteiger partial charge in [-0.2, -0.15) is 5.26 Å². The molecular weight excluding hydrogens is 237 g/mol. The smallest absolute Gasteiger partial charge is 0.0711 e. The van der Waals surface area contributed by atoms with Crippen molar-refractivity contribution in [1.82, 2.24) is 0 Å². The second-order valence-corrected chi connectivity index (χ2v) is 4.71. The Hall–Kier alpha value is -0.750. The Labute approximate surface area is 95.5 Å². The van der Waals surface area contributed by atoms with Crippen molar-refractivity contribution in [2.75, 3.05) is 0 Å². The molecule has 4 heteroatoms. The van der Waals surface area contributed by atoms with Crippen LogP contribution in [0.5, 0.6) is 0 Å². The molecule has 1 aromatic carbocycles. The van der Waals surface area contributed by atoms with Crippen molar-refractivity contribution in [2.24, 2.45) is 0 Å². The standard InChI is InChI=1S/C10H5Cl2NS/c11-6-2-1-3-7-9(6)10(12)8(14-7)4-5-13/h1-3H,4H2. The van der Waals surface area contributed by atoms with E-state index >= 15 is 0 Å². The van der Waals surface area contributed by atoms with Crippen LogP contribution in [0, 0.1) is 11.3 Å². The van der Waals surface area contributed by atoms with Gasteiger partial charge in [0.1, 0.15) is 0 Å². The molecule has 0 fully saturated rings. The first-order chi connectivity index (χ1) is 6.74. The normalized spacial score (nSPS) is 10.4. The first kappa shape index (κ1) is 9.79. The lowest BCUT2D eigenvalue weighted by Gasteiger charge is -1.93. The predicted octanol–water partition coefficient (Wildman–Crippen LogP) is 4.27. The third-order valence-corrected chi connectivity index (χ3v) is 3.91. The molecule has 2 rings (SSSR count). The Kier molecular flexibility index (Phi) is 2.64. The van der Waals surface area contributed by atoms with E-state index in [-0.39, 0.29) is 0 Å². The number of rotatable bonds is 1. The monoisotopic (exact) mass is 241 g/mol. The molecule has 14 heavy (non-hydrogen) atoms. The molecule has 0 spiro atoms. The second-order valence-electron chi connectivity index (χ2n) is 2.79. The maximum absolute atomic E-state index is 8.60. The van der Waals surface area contributed by atoms with Crippen molar-refractivity contribution in [3.05, 3.63) is 33.1 Å². The third-order valence-electron chi connectivity index (χ3n) is 1.91. The molecule has 1 heterocycles. The minimum atomic E-state index is 0.342. The van der Waals surface area contributed by atoms with Crippen LogP contribution in [-0.2, 0) is 6.42 Å². The number of hydrogen-bond acceptors (Lipinski definition) is 2. The largest absolute Gasteiger partial charge is 0.198 e. The maximum Gasteiger partial charge on any atom is 0.0711 e. The van der Waals surface area contributed by atoms with Gasteiger partial charge in [-0.05, 0) is 12.1 Å². The summed E-state index contributed by atoms with van der Waals surface area (Å²) in [6.07, 6.45) is 0.342. The van der Waals surface area contributed by atoms with E-state index in [1.807, 2.05) is 12.1 Å². The lowest BCUT2D eigenvalue weighted by Crippen LogP contribution is -1.73. The van der Waals surface area contributed by atoms with Gasteiger partial charge in [0.05, 0.1) is 22.5 Å². The average Bonchev–Trinajstić information content (AvgIpc) is 2.46. The highest BCUT2D eigenvalue weighted by Gasteiger charge is 2.11. The average molecular weight is 242 g/mol. The molecule has 0 N–H and O–H groups in total. The van der Waals surface area contributed by atoms with Crippen molar-refractivity contribution in [1.29, 1.82) is 5.26 Å². The second kappa shape index (κ2) is 3.78. The van der Waals surface area contributed by atoms with E-state index in [0.717, 1.165) is 15.0 Å². The molecule has 1 aromatic heterocycles. The van der Waals surface area contributed by atoms with Crippen molar-refractivity contribution in [3.63, 3.8) is 0 Å². The predicted molar refractivity (Wildman–Crippen MR) is 61.2 cm³/mol. The molecular formula is C10H5Cl2NS. The van der Waals surface area contributed by atoms with Gasteiger partial charge in [0, 0.05) is 15.0 Å². The summed E-state index contributed by atoms with van der Waals surface area (Å²) in [6, 6.07) is 7.73. The van der Waals surface area contributed by atoms with Gasteiger partial charge in [0.2, 0.25) is 0 Å². The summed E-state index contributed by atoms with van der Waals surface area (Å²) in [7, 11) is 0. The summed E-state index contributed by atoms with van der Waals surface area (Å²) in [6.45, 7) is 0. The number of nitrogens with zero attached hydrogens (tertiary/aromatic N) is 1. The van der Waals surface area contributed by atoms with E-state index < -0.39 is 0 Å². The molecule has 0 saturated carbocycles. The number of hydrogen-bond donors (Lipinski definition) is 0. The highest BCUT2D eigenvalue weighted by atomic mass is 35.5. The van der Waals surface area contributed by atoms with Gasteiger partial charge in [-0.3, -0.25) is 0 Å². The van der Waals surface area contributed by atoms with Gasteiger partial charge in [-0.25, -0.2) is 0 Å². The molecule has 0 aliphatic heterocycles. The number of thiophene rings is 1. The number of benzene rings is 1. The minimum absolute atomic E-state index is 0.342. The van der Waals surface area contributed by atoms with Crippen LogP contribution in [0.1, 0.15) is 4.88 Å². The van der Waals surface area contributed by atoms with E-state index in [1.165, 1.54) is 11.3 Å². The van der Waals surface area contributed by atoms with Crippen LogP contribution in [-0.4, -0.2) is 0 Å². The summed E-state index contributed by atoms with van der Waals surface area (Å²) in [4.78, 5) is 0.886. The fraction of sp³-hybridized carbons (Fsp3) is 0.100. The molecule has 0 aliphatic rings. The molecule has 0 bridgehead atoms. The van der Waals surface area contributed by atoms with Gasteiger partial charge < -0.3 is 0 Å². The van der Waals surface area contributed by atoms with Crippen LogP contribution < -0.4 is 0 Å². The Morgan fingerprint density at radius 1 is 1.36 bits per heavy atom. The lowest BCUT2D eigenvalue weighted by molar-refractivity contribution is 1.32. The Balaban J connectivity index is 2.75. The fourth-order valence-electron chi connectivity index (χ4n) is 1.30. The first-order valence-corrected chi connectivity index (χ1v) is 5.53. The first-order valence-electron chi connectivity index (χ1n) is 3.96. The van der Waals surface area contributed by atoms with Gasteiger partial charge >= 0.3 is 0 Å². The van der Waals surface area contributed by atoms with E-state index in [0.29, 0.717) is 16.5 Å². The summed E-state index contributed by atoms with van der Waals surface area (Å²) >= 11 is 13.7. The number of halogens is 2. The molecule has 1 nitrogen and oxygen atoms in total. The van der Waals surface area contributed by atoms with Crippen molar-refractivity contribution in [2.45, 2.75) is 6.42 Å². The van der Waals surface area contributed by atoms with E-state index in [2.05, 4.69) is 6.07 Å². The lowest BCUT2D eigenvalue weighted by atomic mass is 10.2. The van der Waals surface area contributed by atoms with Gasteiger partial charge in [-0.15, -0.1) is 11.3 Å². The van der Waals surface area contributed by atoms with E-state index in [9.17, 15) is 0 Å². The van der Waals surface area contributed by atoms with Crippen LogP contribution in [0.4, 0.5) is 0 Å². The zero-order valence-corrected chi connectivity index (χ0v) is 9.38. The minimum Gasteiger partial charge on any atom is -0.198 e. The number of fused-ring (bicyclic) bond motifs is 1. The highest BCUT2D eigenvalue weighted by molar-refractivity contribution is 7.20. The maximum atomic E-state index is 8.60. The summed E-state index contributed by atoms with van der Waals surface area (Å²) in [5, 5.41) is 10.7. The number of nitriles is 1. The van der Waals surface area contributed by atoms with Crippen LogP contribution in [0.3, 0.4) is 0 Å². The van der Waals surface area contributed by atoms with Crippen LogP contribution in [0.15, 0.2) is 18.2 Å². The summed E-state index contributed by atoms with van der Waals surface area (Å²) in [5.41, 5.74) is 0. The Bertz CT molecular complexity index is 525. The quantitative estimate of drug-likeness (QED) is 0.732. The summed E-state index contributed by atoms with van der Waals surface area (Å²) < 4.78 is 1.03. The van der Waals surface area contributed by atoms with Gasteiger partial charge in [0.15, 0.2) is 0 Å². The van der Waals surface area contributed by atoms with Crippen molar-refractivity contribution in [3.8, 4) is 6.07 Å². The molecule has 0 radical (unpaired) electrons. The molecule has 0 amide bonds. The zero-order valence-electron chi connectivity index (χ0n) is 7.05. The molecule has 2 aromatic rings. The zero-order chi connectivity index (χ0) is 10.1. The summed E-state index contributed by atoms with van der Waals surface area (Å²) in [5.74, 6) is 0. The Morgan fingerprint density at radius 3 is 2.79 bits per heavy atom. The van der Waals surface area contributed by atoms with E-state index in [4.69, 9.17) is 28.5 Å². The fourth-order valence-corrected chi connectivity index (χ4v) is 3.17.